The molecular formula is C42H74N2O6. The van der Waals surface area contributed by atoms with E-state index in [4.69, 9.17) is 14.2 Å². The Hall–Kier alpha value is -1.93. The molecule has 3 aliphatic rings. The van der Waals surface area contributed by atoms with Crippen molar-refractivity contribution in [2.45, 2.75) is 213 Å². The second-order valence-electron chi connectivity index (χ2n) is 16.8. The highest BCUT2D eigenvalue weighted by Crippen LogP contribution is 2.43. The smallest absolute Gasteiger partial charge is 0.307 e. The molecule has 1 unspecified atom stereocenters. The van der Waals surface area contributed by atoms with Gasteiger partial charge in [-0.1, -0.05) is 116 Å². The fraction of sp³-hybridized carbons (Fsp3) is 0.881. The Morgan fingerprint density at radius 2 is 1.38 bits per heavy atom. The van der Waals surface area contributed by atoms with Crippen molar-refractivity contribution in [2.75, 3.05) is 13.2 Å². The van der Waals surface area contributed by atoms with Crippen LogP contribution in [0.1, 0.15) is 189 Å². The van der Waals surface area contributed by atoms with Crippen LogP contribution in [0.2, 0.25) is 0 Å². The minimum atomic E-state index is -0.835. The molecule has 0 spiro atoms. The summed E-state index contributed by atoms with van der Waals surface area (Å²) >= 11 is 0. The maximum atomic E-state index is 13.8. The third kappa shape index (κ3) is 15.0. The molecular weight excluding hydrogens is 628 g/mol. The van der Waals surface area contributed by atoms with E-state index in [9.17, 15) is 14.4 Å². The Labute approximate surface area is 305 Å². The number of carbonyl (C=O) groups is 3. The molecule has 0 bridgehead atoms. The number of hydrogen-bond acceptors (Lipinski definition) is 6. The Kier molecular flexibility index (Phi) is 18.9. The van der Waals surface area contributed by atoms with Gasteiger partial charge in [-0.25, -0.2) is 0 Å². The van der Waals surface area contributed by atoms with Gasteiger partial charge in [0.25, 0.3) is 0 Å². The quantitative estimate of drug-likeness (QED) is 0.0625. The van der Waals surface area contributed by atoms with Crippen molar-refractivity contribution >= 4 is 17.8 Å². The monoisotopic (exact) mass is 703 g/mol. The summed E-state index contributed by atoms with van der Waals surface area (Å²) < 4.78 is 17.6. The molecule has 2 amide bonds. The minimum absolute atomic E-state index is 0.0792. The van der Waals surface area contributed by atoms with Crippen LogP contribution < -0.4 is 10.6 Å². The second kappa shape index (κ2) is 22.2. The molecule has 288 valence electrons. The average molecular weight is 703 g/mol. The van der Waals surface area contributed by atoms with Crippen LogP contribution in [0.15, 0.2) is 12.2 Å². The number of rotatable bonds is 23. The van der Waals surface area contributed by atoms with Gasteiger partial charge >= 0.3 is 5.97 Å². The standard InChI is InChI=1S/C42H74N2O6/c1-6-7-8-9-10-11-12-13-14-15-16-17-18-19-20-23-29-42(30-24-25-31-42)39(47)44-34-26-21-22-27-35(34)49-36(45)28-32-43-38(46)37-40(2,3)33-48-41(4,5)50-37/h13-14,34-35,37H,6-12,15-33H2,1-5H3,(H,43,46)(H,44,47)/t34-,35-,37?/m0/s1. The molecule has 1 saturated heterocycles. The fourth-order valence-corrected chi connectivity index (χ4v) is 8.01. The maximum absolute atomic E-state index is 13.8. The van der Waals surface area contributed by atoms with E-state index in [1.807, 2.05) is 13.8 Å². The Morgan fingerprint density at radius 3 is 2.04 bits per heavy atom. The highest BCUT2D eigenvalue weighted by atomic mass is 16.7. The van der Waals surface area contributed by atoms with E-state index in [1.54, 1.807) is 13.8 Å². The van der Waals surface area contributed by atoms with Crippen LogP contribution in [-0.2, 0) is 28.6 Å². The van der Waals surface area contributed by atoms with Crippen molar-refractivity contribution in [3.05, 3.63) is 12.2 Å². The number of unbranched alkanes of at least 4 members (excludes halogenated alkanes) is 12. The van der Waals surface area contributed by atoms with Crippen LogP contribution in [0.4, 0.5) is 0 Å². The van der Waals surface area contributed by atoms with Gasteiger partial charge < -0.3 is 24.8 Å². The third-order valence-electron chi connectivity index (χ3n) is 11.3. The molecule has 2 saturated carbocycles. The molecule has 1 heterocycles. The van der Waals surface area contributed by atoms with Gasteiger partial charge in [0.1, 0.15) is 12.2 Å². The van der Waals surface area contributed by atoms with Crippen LogP contribution in [0.3, 0.4) is 0 Å². The first-order valence-corrected chi connectivity index (χ1v) is 20.7. The first kappa shape index (κ1) is 42.5. The second-order valence-corrected chi connectivity index (χ2v) is 16.8. The molecule has 2 aliphatic carbocycles. The van der Waals surface area contributed by atoms with E-state index in [1.165, 1.54) is 83.5 Å². The SMILES string of the molecule is CCCCCCCCC=CCCCCCCCCC1(C(=O)N[C@H]2CCCC[C@@H]2OC(=O)CCNC(=O)C2OC(C)(C)OCC2(C)C)CCCC1. The topological polar surface area (TPSA) is 103 Å². The third-order valence-corrected chi connectivity index (χ3v) is 11.3. The molecule has 50 heavy (non-hydrogen) atoms. The summed E-state index contributed by atoms with van der Waals surface area (Å²) in [6.45, 7) is 10.3. The van der Waals surface area contributed by atoms with Crippen LogP contribution in [-0.4, -0.2) is 55.0 Å². The molecule has 3 rings (SSSR count). The largest absolute Gasteiger partial charge is 0.460 e. The predicted molar refractivity (Wildman–Crippen MR) is 202 cm³/mol. The Morgan fingerprint density at radius 1 is 0.780 bits per heavy atom. The van der Waals surface area contributed by atoms with Gasteiger partial charge in [0.05, 0.1) is 19.1 Å². The lowest BCUT2D eigenvalue weighted by Crippen LogP contribution is -2.56. The molecule has 3 fully saturated rings. The van der Waals surface area contributed by atoms with Crippen molar-refractivity contribution in [2.24, 2.45) is 10.8 Å². The normalized spacial score (nSPS) is 24.2. The van der Waals surface area contributed by atoms with Crippen molar-refractivity contribution in [1.82, 2.24) is 10.6 Å². The molecule has 2 N–H and O–H groups in total. The number of allylic oxidation sites excluding steroid dienone is 2. The number of ether oxygens (including phenoxy) is 3. The molecule has 1 aliphatic heterocycles. The summed E-state index contributed by atoms with van der Waals surface area (Å²) in [5, 5.41) is 6.24. The average Bonchev–Trinajstić information content (AvgIpc) is 3.57. The predicted octanol–water partition coefficient (Wildman–Crippen LogP) is 9.63. The van der Waals surface area contributed by atoms with Gasteiger partial charge in [-0.2, -0.15) is 0 Å². The van der Waals surface area contributed by atoms with Crippen LogP contribution in [0, 0.1) is 10.8 Å². The van der Waals surface area contributed by atoms with Gasteiger partial charge in [0.2, 0.25) is 11.8 Å². The van der Waals surface area contributed by atoms with E-state index in [2.05, 4.69) is 29.7 Å². The molecule has 8 heteroatoms. The van der Waals surface area contributed by atoms with E-state index < -0.39 is 17.3 Å². The number of amides is 2. The minimum Gasteiger partial charge on any atom is -0.460 e. The lowest BCUT2D eigenvalue weighted by molar-refractivity contribution is -0.304. The van der Waals surface area contributed by atoms with E-state index in [-0.39, 0.29) is 48.3 Å². The van der Waals surface area contributed by atoms with Crippen molar-refractivity contribution in [3.63, 3.8) is 0 Å². The summed E-state index contributed by atoms with van der Waals surface area (Å²) in [5.74, 6) is -1.25. The molecule has 0 radical (unpaired) electrons. The molecule has 0 aromatic heterocycles. The van der Waals surface area contributed by atoms with Gasteiger partial charge in [-0.15, -0.1) is 0 Å². The summed E-state index contributed by atoms with van der Waals surface area (Å²) in [4.78, 5) is 39.7. The van der Waals surface area contributed by atoms with Gasteiger partial charge in [0.15, 0.2) is 5.79 Å². The van der Waals surface area contributed by atoms with Crippen LogP contribution >= 0.6 is 0 Å². The number of carbonyl (C=O) groups excluding carboxylic acids is 3. The number of nitrogens with one attached hydrogen (secondary N) is 2. The first-order valence-electron chi connectivity index (χ1n) is 20.7. The zero-order valence-corrected chi connectivity index (χ0v) is 32.7. The molecule has 0 aromatic carbocycles. The Bertz CT molecular complexity index is 1030. The van der Waals surface area contributed by atoms with Gasteiger partial charge in [-0.05, 0) is 78.1 Å². The fourth-order valence-electron chi connectivity index (χ4n) is 8.01. The number of esters is 1. The van der Waals surface area contributed by atoms with Gasteiger partial charge in [-0.3, -0.25) is 14.4 Å². The maximum Gasteiger partial charge on any atom is 0.307 e. The summed E-state index contributed by atoms with van der Waals surface area (Å²) in [7, 11) is 0. The van der Waals surface area contributed by atoms with E-state index >= 15 is 0 Å². The molecule has 0 aromatic rings. The van der Waals surface area contributed by atoms with Crippen LogP contribution in [0.5, 0.6) is 0 Å². The molecule has 3 atom stereocenters. The van der Waals surface area contributed by atoms with Crippen molar-refractivity contribution in [1.29, 1.82) is 0 Å². The highest BCUT2D eigenvalue weighted by Gasteiger charge is 2.46. The lowest BCUT2D eigenvalue weighted by atomic mass is 9.79. The lowest BCUT2D eigenvalue weighted by Gasteiger charge is -2.44. The molecule has 8 nitrogen and oxygen atoms in total. The summed E-state index contributed by atoms with van der Waals surface area (Å²) in [5.41, 5.74) is -0.750. The summed E-state index contributed by atoms with van der Waals surface area (Å²) in [6.07, 6.45) is 30.6. The first-order chi connectivity index (χ1) is 24.0. The van der Waals surface area contributed by atoms with Crippen molar-refractivity contribution in [3.8, 4) is 0 Å². The van der Waals surface area contributed by atoms with Crippen LogP contribution in [0.25, 0.3) is 0 Å². The van der Waals surface area contributed by atoms with E-state index in [0.29, 0.717) is 6.61 Å². The van der Waals surface area contributed by atoms with Gasteiger partial charge in [0, 0.05) is 17.4 Å². The number of hydrogen-bond donors (Lipinski definition) is 2. The zero-order chi connectivity index (χ0) is 36.3. The summed E-state index contributed by atoms with van der Waals surface area (Å²) in [6, 6.07) is -0.147. The highest BCUT2D eigenvalue weighted by molar-refractivity contribution is 5.83. The van der Waals surface area contributed by atoms with E-state index in [0.717, 1.165) is 64.2 Å². The Balaban J connectivity index is 1.32. The van der Waals surface area contributed by atoms with Crippen molar-refractivity contribution < 1.29 is 28.6 Å². The zero-order valence-electron chi connectivity index (χ0n) is 32.7.